The molecule has 0 bridgehead atoms. The average molecular weight is 495 g/mol. The van der Waals surface area contributed by atoms with Crippen molar-refractivity contribution in [3.63, 3.8) is 0 Å². The SMILES string of the molecule is Cc1ccc(NC(=O)N(CCc2csc3nc(-c4ccccc4)cn23)CC2CCCO2)cc1Cl. The molecule has 4 aromatic rings. The van der Waals surface area contributed by atoms with Crippen molar-refractivity contribution in [2.45, 2.75) is 32.3 Å². The predicted molar refractivity (Wildman–Crippen MR) is 138 cm³/mol. The van der Waals surface area contributed by atoms with E-state index in [0.717, 1.165) is 53.3 Å². The lowest BCUT2D eigenvalue weighted by Gasteiger charge is -2.26. The normalized spacial score (nSPS) is 15.6. The summed E-state index contributed by atoms with van der Waals surface area (Å²) in [6.07, 6.45) is 4.89. The van der Waals surface area contributed by atoms with Crippen molar-refractivity contribution in [2.24, 2.45) is 0 Å². The summed E-state index contributed by atoms with van der Waals surface area (Å²) in [6.45, 7) is 3.85. The van der Waals surface area contributed by atoms with Crippen LogP contribution in [0.5, 0.6) is 0 Å². The van der Waals surface area contributed by atoms with Gasteiger partial charge in [-0.3, -0.25) is 4.40 Å². The van der Waals surface area contributed by atoms with Crippen LogP contribution < -0.4 is 5.32 Å². The number of anilines is 1. The summed E-state index contributed by atoms with van der Waals surface area (Å²) in [6, 6.07) is 15.6. The van der Waals surface area contributed by atoms with Crippen LogP contribution in [0.4, 0.5) is 10.5 Å². The number of thiazole rings is 1. The first-order chi connectivity index (χ1) is 16.6. The number of nitrogens with one attached hydrogen (secondary N) is 1. The maximum Gasteiger partial charge on any atom is 0.321 e. The fourth-order valence-corrected chi connectivity index (χ4v) is 5.28. The van der Waals surface area contributed by atoms with E-state index in [-0.39, 0.29) is 12.1 Å². The number of ether oxygens (including phenoxy) is 1. The molecule has 1 N–H and O–H groups in total. The molecule has 6 nitrogen and oxygen atoms in total. The van der Waals surface area contributed by atoms with E-state index in [1.54, 1.807) is 17.4 Å². The molecule has 1 fully saturated rings. The van der Waals surface area contributed by atoms with Gasteiger partial charge < -0.3 is 15.0 Å². The molecule has 2 amide bonds. The highest BCUT2D eigenvalue weighted by atomic mass is 35.5. The standard InChI is InChI=1S/C26H27ClN4O2S/c1-18-9-10-20(14-23(18)27)28-25(32)30(15-22-8-5-13-33-22)12-11-21-17-34-26-29-24(16-31(21)26)19-6-3-2-4-7-19/h2-4,6-7,9-10,14,16-17,22H,5,8,11-13,15H2,1H3,(H,28,32). The fourth-order valence-electron chi connectivity index (χ4n) is 4.19. The second-order valence-electron chi connectivity index (χ2n) is 8.60. The van der Waals surface area contributed by atoms with Crippen LogP contribution in [0.3, 0.4) is 0 Å². The van der Waals surface area contributed by atoms with Crippen molar-refractivity contribution < 1.29 is 9.53 Å². The fraction of sp³-hybridized carbons (Fsp3) is 0.308. The van der Waals surface area contributed by atoms with Gasteiger partial charge in [0.05, 0.1) is 11.8 Å². The lowest BCUT2D eigenvalue weighted by molar-refractivity contribution is 0.0838. The Bertz CT molecular complexity index is 1280. The maximum atomic E-state index is 13.2. The minimum atomic E-state index is -0.141. The number of hydrogen-bond donors (Lipinski definition) is 1. The van der Waals surface area contributed by atoms with Crippen LogP contribution in [0.2, 0.25) is 5.02 Å². The largest absolute Gasteiger partial charge is 0.376 e. The van der Waals surface area contributed by atoms with Crippen LogP contribution in [0.1, 0.15) is 24.1 Å². The molecule has 0 saturated carbocycles. The lowest BCUT2D eigenvalue weighted by Crippen LogP contribution is -2.41. The predicted octanol–water partition coefficient (Wildman–Crippen LogP) is 6.28. The molecule has 1 aliphatic rings. The highest BCUT2D eigenvalue weighted by Gasteiger charge is 2.23. The third kappa shape index (κ3) is 5.12. The molecule has 1 atom stereocenters. The first-order valence-corrected chi connectivity index (χ1v) is 12.8. The van der Waals surface area contributed by atoms with Crippen LogP contribution in [0.25, 0.3) is 16.2 Å². The number of aryl methyl sites for hydroxylation is 1. The number of imidazole rings is 1. The quantitative estimate of drug-likeness (QED) is 0.329. The Morgan fingerprint density at radius 3 is 2.91 bits per heavy atom. The number of carbonyl (C=O) groups is 1. The van der Waals surface area contributed by atoms with E-state index in [0.29, 0.717) is 23.8 Å². The summed E-state index contributed by atoms with van der Waals surface area (Å²) in [7, 11) is 0. The monoisotopic (exact) mass is 494 g/mol. The molecular formula is C26H27ClN4O2S. The van der Waals surface area contributed by atoms with Crippen LogP contribution in [-0.4, -0.2) is 46.1 Å². The zero-order valence-electron chi connectivity index (χ0n) is 19.0. The summed E-state index contributed by atoms with van der Waals surface area (Å²) in [4.78, 5) is 20.8. The van der Waals surface area contributed by atoms with Crippen molar-refractivity contribution in [2.75, 3.05) is 25.0 Å². The van der Waals surface area contributed by atoms with Gasteiger partial charge in [0.1, 0.15) is 0 Å². The van der Waals surface area contributed by atoms with E-state index in [1.807, 2.05) is 42.2 Å². The topological polar surface area (TPSA) is 58.9 Å². The third-order valence-corrected chi connectivity index (χ3v) is 7.45. The molecule has 5 rings (SSSR count). The number of halogens is 1. The van der Waals surface area contributed by atoms with Gasteiger partial charge in [-0.15, -0.1) is 11.3 Å². The second-order valence-corrected chi connectivity index (χ2v) is 9.84. The zero-order valence-corrected chi connectivity index (χ0v) is 20.6. The molecule has 2 aromatic heterocycles. The molecule has 3 heterocycles. The minimum absolute atomic E-state index is 0.0766. The minimum Gasteiger partial charge on any atom is -0.376 e. The summed E-state index contributed by atoms with van der Waals surface area (Å²) in [5.74, 6) is 0. The van der Waals surface area contributed by atoms with Gasteiger partial charge in [0.15, 0.2) is 4.96 Å². The van der Waals surface area contributed by atoms with Crippen molar-refractivity contribution in [1.82, 2.24) is 14.3 Å². The van der Waals surface area contributed by atoms with Gasteiger partial charge in [-0.2, -0.15) is 0 Å². The lowest BCUT2D eigenvalue weighted by atomic mass is 10.2. The average Bonchev–Trinajstić information content (AvgIpc) is 3.58. The summed E-state index contributed by atoms with van der Waals surface area (Å²) < 4.78 is 7.96. The number of hydrogen-bond acceptors (Lipinski definition) is 4. The summed E-state index contributed by atoms with van der Waals surface area (Å²) in [5, 5.41) is 5.77. The van der Waals surface area contributed by atoms with Gasteiger partial charge in [-0.1, -0.05) is 48.0 Å². The van der Waals surface area contributed by atoms with E-state index in [2.05, 4.69) is 33.4 Å². The third-order valence-electron chi connectivity index (χ3n) is 6.15. The molecular weight excluding hydrogens is 468 g/mol. The smallest absolute Gasteiger partial charge is 0.321 e. The molecule has 0 aliphatic carbocycles. The summed E-state index contributed by atoms with van der Waals surface area (Å²) >= 11 is 7.87. The Morgan fingerprint density at radius 1 is 1.29 bits per heavy atom. The molecule has 1 saturated heterocycles. The van der Waals surface area contributed by atoms with Crippen LogP contribution >= 0.6 is 22.9 Å². The van der Waals surface area contributed by atoms with Gasteiger partial charge in [0.2, 0.25) is 0 Å². The number of amides is 2. The number of rotatable bonds is 7. The summed E-state index contributed by atoms with van der Waals surface area (Å²) in [5.41, 5.74) is 4.86. The maximum absolute atomic E-state index is 13.2. The van der Waals surface area contributed by atoms with Crippen LogP contribution in [0.15, 0.2) is 60.1 Å². The number of nitrogens with zero attached hydrogens (tertiary/aromatic N) is 3. The number of carbonyl (C=O) groups excluding carboxylic acids is 1. The Labute approximate surface area is 208 Å². The van der Waals surface area contributed by atoms with Crippen LogP contribution in [0, 0.1) is 6.92 Å². The number of aromatic nitrogens is 2. The Hall–Kier alpha value is -2.87. The molecule has 1 unspecified atom stereocenters. The molecule has 8 heteroatoms. The molecule has 1 aliphatic heterocycles. The molecule has 0 radical (unpaired) electrons. The zero-order chi connectivity index (χ0) is 23.5. The van der Waals surface area contributed by atoms with Crippen LogP contribution in [-0.2, 0) is 11.2 Å². The number of urea groups is 1. The first kappa shape index (κ1) is 22.9. The Balaban J connectivity index is 1.31. The van der Waals surface area contributed by atoms with Gasteiger partial charge in [0, 0.05) is 59.7 Å². The van der Waals surface area contributed by atoms with Crippen molar-refractivity contribution in [1.29, 1.82) is 0 Å². The Morgan fingerprint density at radius 2 is 2.15 bits per heavy atom. The van der Waals surface area contributed by atoms with Crippen molar-refractivity contribution in [3.8, 4) is 11.3 Å². The van der Waals surface area contributed by atoms with E-state index in [4.69, 9.17) is 21.3 Å². The second kappa shape index (κ2) is 10.2. The molecule has 2 aromatic carbocycles. The van der Waals surface area contributed by atoms with Crippen molar-refractivity contribution >= 4 is 39.6 Å². The van der Waals surface area contributed by atoms with E-state index < -0.39 is 0 Å². The van der Waals surface area contributed by atoms with Gasteiger partial charge in [-0.25, -0.2) is 9.78 Å². The van der Waals surface area contributed by atoms with E-state index >= 15 is 0 Å². The molecule has 176 valence electrons. The van der Waals surface area contributed by atoms with E-state index in [1.165, 1.54) is 0 Å². The molecule has 34 heavy (non-hydrogen) atoms. The van der Waals surface area contributed by atoms with E-state index in [9.17, 15) is 4.79 Å². The highest BCUT2D eigenvalue weighted by Crippen LogP contribution is 2.25. The number of fused-ring (bicyclic) bond motifs is 1. The van der Waals surface area contributed by atoms with Crippen molar-refractivity contribution in [3.05, 3.63) is 76.4 Å². The highest BCUT2D eigenvalue weighted by molar-refractivity contribution is 7.15. The molecule has 0 spiro atoms. The first-order valence-electron chi connectivity index (χ1n) is 11.5. The Kier molecular flexibility index (Phi) is 6.85. The van der Waals surface area contributed by atoms with Gasteiger partial charge >= 0.3 is 6.03 Å². The van der Waals surface area contributed by atoms with Gasteiger partial charge in [0.25, 0.3) is 0 Å². The van der Waals surface area contributed by atoms with Gasteiger partial charge in [-0.05, 0) is 37.5 Å². The number of benzene rings is 2.